The SMILES string of the molecule is CCC(C)(C)C.CCC(C)(C)C.CCCC(C)(C)C.CCCC(C)(C)C. The van der Waals surface area contributed by atoms with Gasteiger partial charge in [0, 0.05) is 0 Å². The lowest BCUT2D eigenvalue weighted by molar-refractivity contribution is 0.373. The fourth-order valence-corrected chi connectivity index (χ4v) is 1.50. The fourth-order valence-electron chi connectivity index (χ4n) is 1.50. The molecule has 164 valence electrons. The zero-order valence-corrected chi connectivity index (χ0v) is 22.2. The van der Waals surface area contributed by atoms with Crippen molar-refractivity contribution >= 4 is 0 Å². The van der Waals surface area contributed by atoms with E-state index in [2.05, 4.69) is 111 Å². The molecule has 0 saturated carbocycles. The van der Waals surface area contributed by atoms with Crippen LogP contribution in [0.25, 0.3) is 0 Å². The van der Waals surface area contributed by atoms with Gasteiger partial charge in [-0.15, -0.1) is 0 Å². The normalized spacial score (nSPS) is 12.0. The van der Waals surface area contributed by atoms with Crippen LogP contribution in [0, 0.1) is 21.7 Å². The Balaban J connectivity index is -0.000000124. The first-order chi connectivity index (χ1) is 11.2. The lowest BCUT2D eigenvalue weighted by Crippen LogP contribution is -2.02. The van der Waals surface area contributed by atoms with E-state index >= 15 is 0 Å². The molecule has 0 aromatic rings. The predicted molar refractivity (Wildman–Crippen MR) is 128 cm³/mol. The summed E-state index contributed by atoms with van der Waals surface area (Å²) in [5, 5.41) is 0. The molecule has 0 unspecified atom stereocenters. The molecular weight excluding hydrogens is 312 g/mol. The minimum Gasteiger partial charge on any atom is -0.0654 e. The standard InChI is InChI=1S/2C7H16.2C6H14/c2*1-5-6-7(2,3)4;2*1-5-6(2,3)4/h2*5-6H2,1-4H3;2*5H2,1-4H3. The summed E-state index contributed by atoms with van der Waals surface area (Å²) in [4.78, 5) is 0. The maximum Gasteiger partial charge on any atom is -0.0383 e. The van der Waals surface area contributed by atoms with E-state index in [0.717, 1.165) is 0 Å². The highest BCUT2D eigenvalue weighted by molar-refractivity contribution is 4.59. The van der Waals surface area contributed by atoms with Crippen LogP contribution in [0.4, 0.5) is 0 Å². The van der Waals surface area contributed by atoms with Gasteiger partial charge in [-0.2, -0.15) is 0 Å². The molecule has 0 aliphatic heterocycles. The van der Waals surface area contributed by atoms with Crippen molar-refractivity contribution in [2.45, 2.75) is 149 Å². The minimum absolute atomic E-state index is 0.542. The van der Waals surface area contributed by atoms with Gasteiger partial charge >= 0.3 is 0 Å². The molecule has 0 heteroatoms. The first-order valence-electron chi connectivity index (χ1n) is 11.2. The van der Waals surface area contributed by atoms with Gasteiger partial charge in [0.25, 0.3) is 0 Å². The lowest BCUT2D eigenvalue weighted by atomic mass is 9.91. The molecule has 0 atom stereocenters. The first-order valence-corrected chi connectivity index (χ1v) is 11.2. The summed E-state index contributed by atoms with van der Waals surface area (Å²) in [5.41, 5.74) is 2.18. The molecule has 0 saturated heterocycles. The van der Waals surface area contributed by atoms with Crippen molar-refractivity contribution in [3.8, 4) is 0 Å². The number of hydrogen-bond acceptors (Lipinski definition) is 0. The van der Waals surface area contributed by atoms with E-state index in [1.54, 1.807) is 0 Å². The molecule has 0 nitrogen and oxygen atoms in total. The Hall–Kier alpha value is 0. The molecule has 0 aliphatic rings. The molecular formula is C26H60. The van der Waals surface area contributed by atoms with E-state index in [-0.39, 0.29) is 0 Å². The Kier molecular flexibility index (Phi) is 20.7. The highest BCUT2D eigenvalue weighted by Crippen LogP contribution is 2.20. The minimum atomic E-state index is 0.542. The largest absolute Gasteiger partial charge is 0.0654 e. The van der Waals surface area contributed by atoms with Gasteiger partial charge in [0.15, 0.2) is 0 Å². The van der Waals surface area contributed by atoms with Crippen molar-refractivity contribution in [2.24, 2.45) is 21.7 Å². The van der Waals surface area contributed by atoms with Crippen molar-refractivity contribution in [3.63, 3.8) is 0 Å². The average molecular weight is 373 g/mol. The smallest absolute Gasteiger partial charge is 0.0383 e. The van der Waals surface area contributed by atoms with E-state index in [9.17, 15) is 0 Å². The third-order valence-corrected chi connectivity index (χ3v) is 4.12. The van der Waals surface area contributed by atoms with E-state index in [4.69, 9.17) is 0 Å². The second-order valence-electron chi connectivity index (χ2n) is 12.4. The summed E-state index contributed by atoms with van der Waals surface area (Å²) in [6, 6.07) is 0. The van der Waals surface area contributed by atoms with Crippen LogP contribution in [-0.2, 0) is 0 Å². The van der Waals surface area contributed by atoms with Gasteiger partial charge < -0.3 is 0 Å². The molecule has 0 bridgehead atoms. The summed E-state index contributed by atoms with van der Waals surface area (Å²) in [5.74, 6) is 0. The fraction of sp³-hybridized carbons (Fsp3) is 1.00. The van der Waals surface area contributed by atoms with Crippen LogP contribution in [0.1, 0.15) is 149 Å². The Labute approximate surface area is 171 Å². The number of hydrogen-bond donors (Lipinski definition) is 0. The molecule has 0 aromatic carbocycles. The summed E-state index contributed by atoms with van der Waals surface area (Å²) >= 11 is 0. The molecule has 0 heterocycles. The Morgan fingerprint density at radius 3 is 0.500 bits per heavy atom. The van der Waals surface area contributed by atoms with Gasteiger partial charge in [0.05, 0.1) is 0 Å². The molecule has 0 N–H and O–H groups in total. The second-order valence-corrected chi connectivity index (χ2v) is 12.4. The number of rotatable bonds is 2. The zero-order chi connectivity index (χ0) is 22.2. The highest BCUT2D eigenvalue weighted by atomic mass is 14.1. The lowest BCUT2D eigenvalue weighted by Gasteiger charge is -2.15. The molecule has 0 radical (unpaired) electrons. The van der Waals surface area contributed by atoms with E-state index < -0.39 is 0 Å². The van der Waals surface area contributed by atoms with Crippen LogP contribution < -0.4 is 0 Å². The molecule has 0 aromatic heterocycles. The van der Waals surface area contributed by atoms with Gasteiger partial charge in [-0.25, -0.2) is 0 Å². The van der Waals surface area contributed by atoms with Gasteiger partial charge in [0.2, 0.25) is 0 Å². The first kappa shape index (κ1) is 33.6. The van der Waals surface area contributed by atoms with E-state index in [1.807, 2.05) is 0 Å². The Bertz CT molecular complexity index is 226. The van der Waals surface area contributed by atoms with Crippen molar-refractivity contribution in [3.05, 3.63) is 0 Å². The summed E-state index contributed by atoms with van der Waals surface area (Å²) in [7, 11) is 0. The van der Waals surface area contributed by atoms with Gasteiger partial charge in [-0.1, -0.05) is 136 Å². The third-order valence-electron chi connectivity index (χ3n) is 4.12. The molecule has 26 heavy (non-hydrogen) atoms. The molecule has 0 fully saturated rings. The topological polar surface area (TPSA) is 0 Å². The molecule has 0 amide bonds. The van der Waals surface area contributed by atoms with Crippen molar-refractivity contribution in [2.75, 3.05) is 0 Å². The monoisotopic (exact) mass is 372 g/mol. The van der Waals surface area contributed by atoms with Crippen LogP contribution in [0.5, 0.6) is 0 Å². The highest BCUT2D eigenvalue weighted by Gasteiger charge is 2.07. The van der Waals surface area contributed by atoms with Crippen LogP contribution in [0.3, 0.4) is 0 Å². The Morgan fingerprint density at radius 1 is 0.346 bits per heavy atom. The van der Waals surface area contributed by atoms with Gasteiger partial charge in [-0.05, 0) is 34.5 Å². The molecule has 0 rings (SSSR count). The zero-order valence-electron chi connectivity index (χ0n) is 22.2. The predicted octanol–water partition coefficient (Wildman–Crippen LogP) is 10.6. The van der Waals surface area contributed by atoms with E-state index in [0.29, 0.717) is 21.7 Å². The van der Waals surface area contributed by atoms with Gasteiger partial charge in [0.1, 0.15) is 0 Å². The van der Waals surface area contributed by atoms with Crippen molar-refractivity contribution < 1.29 is 0 Å². The quantitative estimate of drug-likeness (QED) is 0.452. The molecule has 0 aliphatic carbocycles. The summed E-state index contributed by atoms with van der Waals surface area (Å²) < 4.78 is 0. The van der Waals surface area contributed by atoms with Crippen LogP contribution in [0.2, 0.25) is 0 Å². The summed E-state index contributed by atoms with van der Waals surface area (Å²) in [6.45, 7) is 36.0. The average Bonchev–Trinajstić information content (AvgIpc) is 2.36. The van der Waals surface area contributed by atoms with Crippen LogP contribution in [-0.4, -0.2) is 0 Å². The summed E-state index contributed by atoms with van der Waals surface area (Å²) in [6.07, 6.45) is 7.84. The van der Waals surface area contributed by atoms with E-state index in [1.165, 1.54) is 38.5 Å². The van der Waals surface area contributed by atoms with Crippen molar-refractivity contribution in [1.82, 2.24) is 0 Å². The van der Waals surface area contributed by atoms with Gasteiger partial charge in [-0.3, -0.25) is 0 Å². The second kappa shape index (κ2) is 16.0. The van der Waals surface area contributed by atoms with Crippen LogP contribution >= 0.6 is 0 Å². The Morgan fingerprint density at radius 2 is 0.500 bits per heavy atom. The molecule has 0 spiro atoms. The maximum atomic E-state index is 2.27. The maximum absolute atomic E-state index is 2.27. The van der Waals surface area contributed by atoms with Crippen LogP contribution in [0.15, 0.2) is 0 Å². The van der Waals surface area contributed by atoms with Crippen molar-refractivity contribution in [1.29, 1.82) is 0 Å². The third kappa shape index (κ3) is 64.8.